The van der Waals surface area contributed by atoms with E-state index in [9.17, 15) is 0 Å². The van der Waals surface area contributed by atoms with Crippen LogP contribution in [0.3, 0.4) is 0 Å². The summed E-state index contributed by atoms with van der Waals surface area (Å²) < 4.78 is 10.3. The van der Waals surface area contributed by atoms with Gasteiger partial charge in [0.1, 0.15) is 0 Å². The number of halogens is 1. The lowest BCUT2D eigenvalue weighted by Gasteiger charge is -2.09. The van der Waals surface area contributed by atoms with Gasteiger partial charge in [-0.25, -0.2) is 0 Å². The second-order valence-corrected chi connectivity index (χ2v) is 5.04. The van der Waals surface area contributed by atoms with Crippen LogP contribution in [0.4, 0.5) is 0 Å². The van der Waals surface area contributed by atoms with Gasteiger partial charge < -0.3 is 9.47 Å². The molecule has 0 fully saturated rings. The van der Waals surface area contributed by atoms with E-state index in [0.29, 0.717) is 5.25 Å². The average molecular weight is 241 g/mol. The van der Waals surface area contributed by atoms with Gasteiger partial charge in [0.2, 0.25) is 0 Å². The standard InChI is InChI=1S/C10H21ClO2S/c1-10(4-5-11)14-9-8-13-7-3-6-12-2/h10H,3-9H2,1-2H3. The molecule has 0 aliphatic rings. The highest BCUT2D eigenvalue weighted by molar-refractivity contribution is 7.99. The van der Waals surface area contributed by atoms with Gasteiger partial charge in [-0.3, -0.25) is 0 Å². The second kappa shape index (κ2) is 11.6. The first-order valence-electron chi connectivity index (χ1n) is 5.05. The van der Waals surface area contributed by atoms with Crippen LogP contribution in [0.15, 0.2) is 0 Å². The highest BCUT2D eigenvalue weighted by atomic mass is 35.5. The van der Waals surface area contributed by atoms with Crippen LogP contribution < -0.4 is 0 Å². The Morgan fingerprint density at radius 2 is 2.07 bits per heavy atom. The van der Waals surface area contributed by atoms with Crippen LogP contribution in [-0.2, 0) is 9.47 Å². The number of alkyl halides is 1. The summed E-state index contributed by atoms with van der Waals surface area (Å²) in [6.07, 6.45) is 2.06. The fourth-order valence-corrected chi connectivity index (χ4v) is 2.31. The van der Waals surface area contributed by atoms with Gasteiger partial charge in [-0.15, -0.1) is 11.6 Å². The Kier molecular flexibility index (Phi) is 12.1. The van der Waals surface area contributed by atoms with Crippen LogP contribution in [0.5, 0.6) is 0 Å². The molecule has 0 aromatic heterocycles. The Bertz CT molecular complexity index is 114. The number of hydrogen-bond donors (Lipinski definition) is 0. The van der Waals surface area contributed by atoms with E-state index in [2.05, 4.69) is 6.92 Å². The van der Waals surface area contributed by atoms with Crippen LogP contribution >= 0.6 is 23.4 Å². The van der Waals surface area contributed by atoms with E-state index in [1.165, 1.54) is 0 Å². The van der Waals surface area contributed by atoms with Crippen molar-refractivity contribution in [1.82, 2.24) is 0 Å². The Hall–Kier alpha value is 0.560. The SMILES string of the molecule is COCCCOCCSC(C)CCCl. The maximum Gasteiger partial charge on any atom is 0.0556 e. The first kappa shape index (κ1) is 14.6. The lowest BCUT2D eigenvalue weighted by molar-refractivity contribution is 0.113. The molecule has 0 bridgehead atoms. The van der Waals surface area contributed by atoms with Crippen molar-refractivity contribution in [2.24, 2.45) is 0 Å². The average Bonchev–Trinajstić information content (AvgIpc) is 2.17. The van der Waals surface area contributed by atoms with E-state index < -0.39 is 0 Å². The van der Waals surface area contributed by atoms with Gasteiger partial charge in [-0.2, -0.15) is 11.8 Å². The fourth-order valence-electron chi connectivity index (χ4n) is 0.953. The Morgan fingerprint density at radius 1 is 1.29 bits per heavy atom. The normalized spacial score (nSPS) is 13.1. The van der Waals surface area contributed by atoms with Crippen molar-refractivity contribution in [1.29, 1.82) is 0 Å². The zero-order valence-electron chi connectivity index (χ0n) is 9.13. The van der Waals surface area contributed by atoms with E-state index in [1.54, 1.807) is 7.11 Å². The molecule has 0 radical (unpaired) electrons. The van der Waals surface area contributed by atoms with Gasteiger partial charge in [0.05, 0.1) is 6.61 Å². The molecule has 1 atom stereocenters. The third-order valence-corrected chi connectivity index (χ3v) is 3.21. The van der Waals surface area contributed by atoms with Crippen molar-refractivity contribution < 1.29 is 9.47 Å². The van der Waals surface area contributed by atoms with Crippen LogP contribution in [0.25, 0.3) is 0 Å². The van der Waals surface area contributed by atoms with Crippen LogP contribution in [0.1, 0.15) is 19.8 Å². The summed E-state index contributed by atoms with van der Waals surface area (Å²) in [4.78, 5) is 0. The van der Waals surface area contributed by atoms with E-state index in [4.69, 9.17) is 21.1 Å². The molecule has 0 aromatic carbocycles. The number of thioether (sulfide) groups is 1. The van der Waals surface area contributed by atoms with Gasteiger partial charge in [-0.1, -0.05) is 6.92 Å². The summed E-state index contributed by atoms with van der Waals surface area (Å²) in [5.41, 5.74) is 0. The Morgan fingerprint density at radius 3 is 2.71 bits per heavy atom. The molecule has 0 aliphatic heterocycles. The molecule has 0 spiro atoms. The molecule has 14 heavy (non-hydrogen) atoms. The minimum atomic E-state index is 0.648. The Labute approximate surface area is 96.7 Å². The summed E-state index contributed by atoms with van der Waals surface area (Å²) in [5, 5.41) is 0.648. The molecule has 0 heterocycles. The minimum absolute atomic E-state index is 0.648. The summed E-state index contributed by atoms with van der Waals surface area (Å²) in [7, 11) is 1.71. The van der Waals surface area contributed by atoms with Gasteiger partial charge in [0.25, 0.3) is 0 Å². The van der Waals surface area contributed by atoms with Crippen LogP contribution in [0, 0.1) is 0 Å². The maximum atomic E-state index is 5.64. The second-order valence-electron chi connectivity index (χ2n) is 3.12. The first-order valence-corrected chi connectivity index (χ1v) is 6.63. The quantitative estimate of drug-likeness (QED) is 0.432. The van der Waals surface area contributed by atoms with E-state index in [0.717, 1.165) is 44.3 Å². The largest absolute Gasteiger partial charge is 0.385 e. The molecule has 0 aliphatic carbocycles. The predicted molar refractivity (Wildman–Crippen MR) is 64.6 cm³/mol. The lowest BCUT2D eigenvalue weighted by Crippen LogP contribution is -2.05. The molecule has 0 N–H and O–H groups in total. The van der Waals surface area contributed by atoms with Crippen molar-refractivity contribution >= 4 is 23.4 Å². The fraction of sp³-hybridized carbons (Fsp3) is 1.00. The van der Waals surface area contributed by atoms with Gasteiger partial charge >= 0.3 is 0 Å². The van der Waals surface area contributed by atoms with Crippen molar-refractivity contribution in [3.05, 3.63) is 0 Å². The van der Waals surface area contributed by atoms with Gasteiger partial charge in [0.15, 0.2) is 0 Å². The summed E-state index contributed by atoms with van der Waals surface area (Å²) in [5.74, 6) is 1.81. The number of methoxy groups -OCH3 is 1. The monoisotopic (exact) mass is 240 g/mol. The number of rotatable bonds is 10. The van der Waals surface area contributed by atoms with Crippen molar-refractivity contribution in [2.45, 2.75) is 25.0 Å². The molecule has 0 saturated carbocycles. The topological polar surface area (TPSA) is 18.5 Å². The number of ether oxygens (including phenoxy) is 2. The highest BCUT2D eigenvalue weighted by Gasteiger charge is 2.00. The first-order chi connectivity index (χ1) is 6.81. The van der Waals surface area contributed by atoms with Crippen LogP contribution in [0.2, 0.25) is 0 Å². The lowest BCUT2D eigenvalue weighted by atomic mass is 10.4. The van der Waals surface area contributed by atoms with E-state index >= 15 is 0 Å². The Balaban J connectivity index is 2.98. The molecular formula is C10H21ClO2S. The van der Waals surface area contributed by atoms with Crippen molar-refractivity contribution in [3.8, 4) is 0 Å². The zero-order valence-corrected chi connectivity index (χ0v) is 10.7. The molecule has 0 amide bonds. The molecule has 0 rings (SSSR count). The molecule has 86 valence electrons. The zero-order chi connectivity index (χ0) is 10.6. The summed E-state index contributed by atoms with van der Waals surface area (Å²) in [6.45, 7) is 4.63. The molecule has 0 aromatic rings. The van der Waals surface area contributed by atoms with Crippen molar-refractivity contribution in [3.63, 3.8) is 0 Å². The molecule has 2 nitrogen and oxygen atoms in total. The molecule has 4 heteroatoms. The minimum Gasteiger partial charge on any atom is -0.385 e. The van der Waals surface area contributed by atoms with Gasteiger partial charge in [0, 0.05) is 37.2 Å². The molecular weight excluding hydrogens is 220 g/mol. The third-order valence-electron chi connectivity index (χ3n) is 1.78. The van der Waals surface area contributed by atoms with Crippen LogP contribution in [-0.4, -0.2) is 43.8 Å². The maximum absolute atomic E-state index is 5.64. The summed E-state index contributed by atoms with van der Waals surface area (Å²) in [6, 6.07) is 0. The van der Waals surface area contributed by atoms with E-state index in [-0.39, 0.29) is 0 Å². The predicted octanol–water partition coefficient (Wildman–Crippen LogP) is 2.79. The third kappa shape index (κ3) is 10.6. The smallest absolute Gasteiger partial charge is 0.0556 e. The molecule has 0 saturated heterocycles. The van der Waals surface area contributed by atoms with Crippen molar-refractivity contribution in [2.75, 3.05) is 38.6 Å². The van der Waals surface area contributed by atoms with Gasteiger partial charge in [-0.05, 0) is 12.8 Å². The summed E-state index contributed by atoms with van der Waals surface area (Å²) >= 11 is 7.56. The number of hydrogen-bond acceptors (Lipinski definition) is 3. The van der Waals surface area contributed by atoms with E-state index in [1.807, 2.05) is 11.8 Å². The molecule has 1 unspecified atom stereocenters. The highest BCUT2D eigenvalue weighted by Crippen LogP contribution is 2.13.